The SMILES string of the molecule is COC(CC(=N)c1ccncc1)OC. The minimum atomic E-state index is -0.351. The van der Waals surface area contributed by atoms with Crippen molar-refractivity contribution in [1.29, 1.82) is 5.41 Å². The molecule has 1 aromatic heterocycles. The number of hydrogen-bond donors (Lipinski definition) is 1. The van der Waals surface area contributed by atoms with Crippen LogP contribution >= 0.6 is 0 Å². The van der Waals surface area contributed by atoms with Crippen LogP contribution in [0.4, 0.5) is 0 Å². The van der Waals surface area contributed by atoms with Crippen LogP contribution in [-0.2, 0) is 9.47 Å². The second kappa shape index (κ2) is 5.47. The summed E-state index contributed by atoms with van der Waals surface area (Å²) in [5, 5.41) is 7.78. The van der Waals surface area contributed by atoms with Crippen molar-refractivity contribution >= 4 is 5.71 Å². The van der Waals surface area contributed by atoms with Crippen molar-refractivity contribution in [3.63, 3.8) is 0 Å². The summed E-state index contributed by atoms with van der Waals surface area (Å²) in [6.45, 7) is 0. The summed E-state index contributed by atoms with van der Waals surface area (Å²) in [6, 6.07) is 3.59. The van der Waals surface area contributed by atoms with Gasteiger partial charge in [-0.3, -0.25) is 4.98 Å². The van der Waals surface area contributed by atoms with Gasteiger partial charge in [0.15, 0.2) is 6.29 Å². The molecule has 0 saturated carbocycles. The molecule has 4 nitrogen and oxygen atoms in total. The van der Waals surface area contributed by atoms with Gasteiger partial charge in [-0.2, -0.15) is 0 Å². The van der Waals surface area contributed by atoms with Gasteiger partial charge in [0.05, 0.1) is 0 Å². The molecule has 0 aromatic carbocycles. The number of pyridine rings is 1. The van der Waals surface area contributed by atoms with E-state index in [1.807, 2.05) is 0 Å². The molecule has 0 aliphatic carbocycles. The molecular formula is C10H14N2O2. The lowest BCUT2D eigenvalue weighted by atomic mass is 10.1. The van der Waals surface area contributed by atoms with Crippen LogP contribution in [0, 0.1) is 5.41 Å². The van der Waals surface area contributed by atoms with Crippen molar-refractivity contribution in [1.82, 2.24) is 4.98 Å². The van der Waals surface area contributed by atoms with Crippen molar-refractivity contribution < 1.29 is 9.47 Å². The number of nitrogens with one attached hydrogen (secondary N) is 1. The van der Waals surface area contributed by atoms with Gasteiger partial charge in [0.2, 0.25) is 0 Å². The molecule has 1 heterocycles. The fraction of sp³-hybridized carbons (Fsp3) is 0.400. The van der Waals surface area contributed by atoms with Crippen LogP contribution < -0.4 is 0 Å². The van der Waals surface area contributed by atoms with E-state index < -0.39 is 0 Å². The Morgan fingerprint density at radius 1 is 1.36 bits per heavy atom. The lowest BCUT2D eigenvalue weighted by Crippen LogP contribution is -2.18. The lowest BCUT2D eigenvalue weighted by Gasteiger charge is -2.13. The van der Waals surface area contributed by atoms with Gasteiger partial charge in [0, 0.05) is 38.7 Å². The van der Waals surface area contributed by atoms with Gasteiger partial charge in [-0.25, -0.2) is 0 Å². The molecule has 0 amide bonds. The van der Waals surface area contributed by atoms with Crippen molar-refractivity contribution in [3.05, 3.63) is 30.1 Å². The van der Waals surface area contributed by atoms with Crippen molar-refractivity contribution in [2.24, 2.45) is 0 Å². The number of ether oxygens (including phenoxy) is 2. The van der Waals surface area contributed by atoms with Gasteiger partial charge in [0.1, 0.15) is 0 Å². The lowest BCUT2D eigenvalue weighted by molar-refractivity contribution is -0.0958. The molecule has 76 valence electrons. The Labute approximate surface area is 83.4 Å². The average Bonchev–Trinajstić information content (AvgIpc) is 2.26. The van der Waals surface area contributed by atoms with Crippen LogP contribution in [0.5, 0.6) is 0 Å². The number of hydrogen-bond acceptors (Lipinski definition) is 4. The quantitative estimate of drug-likeness (QED) is 0.570. The maximum atomic E-state index is 7.78. The summed E-state index contributed by atoms with van der Waals surface area (Å²) in [5.41, 5.74) is 1.33. The molecular weight excluding hydrogens is 180 g/mol. The summed E-state index contributed by atoms with van der Waals surface area (Å²) in [6.07, 6.45) is 3.42. The Morgan fingerprint density at radius 3 is 2.43 bits per heavy atom. The largest absolute Gasteiger partial charge is 0.356 e. The molecule has 4 heteroatoms. The Kier molecular flexibility index (Phi) is 4.22. The molecule has 14 heavy (non-hydrogen) atoms. The van der Waals surface area contributed by atoms with E-state index in [2.05, 4.69) is 4.98 Å². The Morgan fingerprint density at radius 2 is 1.93 bits per heavy atom. The molecule has 0 saturated heterocycles. The number of methoxy groups -OCH3 is 2. The standard InChI is InChI=1S/C10H14N2O2/c1-13-10(14-2)7-9(11)8-3-5-12-6-4-8/h3-6,10-11H,7H2,1-2H3. The summed E-state index contributed by atoms with van der Waals surface area (Å²) in [7, 11) is 3.13. The highest BCUT2D eigenvalue weighted by atomic mass is 16.7. The predicted octanol–water partition coefficient (Wildman–Crippen LogP) is 1.46. The Hall–Kier alpha value is -1.26. The number of rotatable bonds is 5. The summed E-state index contributed by atoms with van der Waals surface area (Å²) in [5.74, 6) is 0. The monoisotopic (exact) mass is 194 g/mol. The summed E-state index contributed by atoms with van der Waals surface area (Å²) < 4.78 is 10.0. The van der Waals surface area contributed by atoms with E-state index in [0.717, 1.165) is 5.56 Å². The summed E-state index contributed by atoms with van der Waals surface area (Å²) in [4.78, 5) is 3.89. The first kappa shape index (κ1) is 10.8. The van der Waals surface area contributed by atoms with E-state index in [1.165, 1.54) is 0 Å². The molecule has 0 bridgehead atoms. The zero-order valence-corrected chi connectivity index (χ0v) is 8.36. The van der Waals surface area contributed by atoms with Gasteiger partial charge in [-0.05, 0) is 17.7 Å². The molecule has 0 unspecified atom stereocenters. The van der Waals surface area contributed by atoms with Crippen molar-refractivity contribution in [3.8, 4) is 0 Å². The molecule has 0 aliphatic rings. The fourth-order valence-electron chi connectivity index (χ4n) is 1.10. The molecule has 0 fully saturated rings. The first-order valence-corrected chi connectivity index (χ1v) is 4.31. The van der Waals surface area contributed by atoms with Crippen molar-refractivity contribution in [2.45, 2.75) is 12.7 Å². The highest BCUT2D eigenvalue weighted by molar-refractivity contribution is 5.98. The van der Waals surface area contributed by atoms with Crippen LogP contribution in [0.1, 0.15) is 12.0 Å². The molecule has 0 radical (unpaired) electrons. The van der Waals surface area contributed by atoms with Crippen LogP contribution in [-0.4, -0.2) is 31.2 Å². The minimum Gasteiger partial charge on any atom is -0.356 e. The minimum absolute atomic E-state index is 0.351. The third-order valence-electron chi connectivity index (χ3n) is 1.93. The first-order valence-electron chi connectivity index (χ1n) is 4.31. The van der Waals surface area contributed by atoms with E-state index >= 15 is 0 Å². The zero-order valence-electron chi connectivity index (χ0n) is 8.36. The third kappa shape index (κ3) is 2.90. The van der Waals surface area contributed by atoms with E-state index in [4.69, 9.17) is 14.9 Å². The van der Waals surface area contributed by atoms with E-state index in [-0.39, 0.29) is 6.29 Å². The number of nitrogens with zero attached hydrogens (tertiary/aromatic N) is 1. The van der Waals surface area contributed by atoms with E-state index in [0.29, 0.717) is 12.1 Å². The van der Waals surface area contributed by atoms with Gasteiger partial charge in [0.25, 0.3) is 0 Å². The van der Waals surface area contributed by atoms with Gasteiger partial charge in [-0.15, -0.1) is 0 Å². The molecule has 1 aromatic rings. The van der Waals surface area contributed by atoms with Gasteiger partial charge in [-0.1, -0.05) is 0 Å². The van der Waals surface area contributed by atoms with Crippen LogP contribution in [0.2, 0.25) is 0 Å². The fourth-order valence-corrected chi connectivity index (χ4v) is 1.10. The first-order chi connectivity index (χ1) is 6.77. The maximum absolute atomic E-state index is 7.78. The molecule has 0 spiro atoms. The summed E-state index contributed by atoms with van der Waals surface area (Å²) >= 11 is 0. The topological polar surface area (TPSA) is 55.2 Å². The highest BCUT2D eigenvalue weighted by Crippen LogP contribution is 2.06. The average molecular weight is 194 g/mol. The van der Waals surface area contributed by atoms with E-state index in [9.17, 15) is 0 Å². The highest BCUT2D eigenvalue weighted by Gasteiger charge is 2.10. The smallest absolute Gasteiger partial charge is 0.162 e. The second-order valence-electron chi connectivity index (χ2n) is 2.82. The molecule has 0 aliphatic heterocycles. The predicted molar refractivity (Wildman–Crippen MR) is 53.5 cm³/mol. The van der Waals surface area contributed by atoms with Gasteiger partial charge < -0.3 is 14.9 Å². The third-order valence-corrected chi connectivity index (χ3v) is 1.93. The van der Waals surface area contributed by atoms with Crippen molar-refractivity contribution in [2.75, 3.05) is 14.2 Å². The normalized spacial score (nSPS) is 10.5. The van der Waals surface area contributed by atoms with Crippen LogP contribution in [0.3, 0.4) is 0 Å². The van der Waals surface area contributed by atoms with E-state index in [1.54, 1.807) is 38.7 Å². The molecule has 1 rings (SSSR count). The number of aromatic nitrogens is 1. The molecule has 0 atom stereocenters. The van der Waals surface area contributed by atoms with Crippen LogP contribution in [0.15, 0.2) is 24.5 Å². The molecule has 1 N–H and O–H groups in total. The maximum Gasteiger partial charge on any atom is 0.162 e. The zero-order chi connectivity index (χ0) is 10.4. The Bertz CT molecular complexity index is 283. The second-order valence-corrected chi connectivity index (χ2v) is 2.82. The van der Waals surface area contributed by atoms with Gasteiger partial charge >= 0.3 is 0 Å². The Balaban J connectivity index is 2.59. The van der Waals surface area contributed by atoms with Crippen LogP contribution in [0.25, 0.3) is 0 Å².